The van der Waals surface area contributed by atoms with Crippen molar-refractivity contribution in [3.63, 3.8) is 0 Å². The molecule has 1 saturated heterocycles. The minimum absolute atomic E-state index is 0.0868. The van der Waals surface area contributed by atoms with Crippen LogP contribution < -0.4 is 10.2 Å². The van der Waals surface area contributed by atoms with Gasteiger partial charge < -0.3 is 15.1 Å². The van der Waals surface area contributed by atoms with Crippen LogP contribution in [0.2, 0.25) is 0 Å². The summed E-state index contributed by atoms with van der Waals surface area (Å²) < 4.78 is 92.1. The molecule has 1 atom stereocenters. The van der Waals surface area contributed by atoms with Crippen LogP contribution in [0.15, 0.2) is 60.7 Å². The van der Waals surface area contributed by atoms with E-state index in [2.05, 4.69) is 22.6 Å². The molecule has 172 valence electrons. The second-order valence-electron chi connectivity index (χ2n) is 7.05. The van der Waals surface area contributed by atoms with Crippen molar-refractivity contribution >= 4 is 11.5 Å². The maximum atomic E-state index is 13.8. The topological polar surface area (TPSA) is 31.4 Å². The van der Waals surface area contributed by atoms with Gasteiger partial charge in [0.2, 0.25) is 0 Å². The third-order valence-electron chi connectivity index (χ3n) is 4.98. The molecule has 11 heteroatoms. The van der Waals surface area contributed by atoms with Crippen LogP contribution in [0.1, 0.15) is 11.1 Å². The molecule has 1 aromatic carbocycles. The van der Waals surface area contributed by atoms with E-state index in [1.54, 1.807) is 0 Å². The van der Waals surface area contributed by atoms with Crippen LogP contribution in [0.25, 0.3) is 0 Å². The Morgan fingerprint density at radius 1 is 1.06 bits per heavy atom. The second-order valence-corrected chi connectivity index (χ2v) is 7.05. The average Bonchev–Trinajstić information content (AvgIpc) is 2.76. The number of hydrogen-bond donors (Lipinski definition) is 1. The monoisotopic (exact) mass is 460 g/mol. The van der Waals surface area contributed by atoms with Crippen LogP contribution in [0, 0.1) is 0 Å². The lowest BCUT2D eigenvalue weighted by Crippen LogP contribution is -2.55. The predicted molar refractivity (Wildman–Crippen MR) is 106 cm³/mol. The largest absolute Gasteiger partial charge is 0.419 e. The summed E-state index contributed by atoms with van der Waals surface area (Å²) >= 11 is 0. The number of aromatic nitrogens is 1. The molecule has 4 nitrogen and oxygen atoms in total. The van der Waals surface area contributed by atoms with E-state index < -0.39 is 36.2 Å². The SMILES string of the molecule is C=C=C(Nc1ccc(C(F)(F)F)cc1)N1CCN(c2ncccc2C(F)(F)F)CC1CF. The number of piperazine rings is 1. The maximum Gasteiger partial charge on any atom is 0.419 e. The van der Waals surface area contributed by atoms with Crippen molar-refractivity contribution < 1.29 is 30.7 Å². The molecular formula is C21H19F7N4. The fourth-order valence-electron chi connectivity index (χ4n) is 3.44. The summed E-state index contributed by atoms with van der Waals surface area (Å²) in [6.07, 6.45) is -7.85. The van der Waals surface area contributed by atoms with Crippen molar-refractivity contribution in [1.82, 2.24) is 9.88 Å². The quantitative estimate of drug-likeness (QED) is 0.484. The Labute approximate surface area is 179 Å². The standard InChI is InChI=1S/C21H19F7N4/c1-2-18(30-15-7-5-14(6-8-15)20(23,24)25)32-11-10-31(13-16(32)12-22)19-17(21(26,27)28)4-3-9-29-19/h3-9,16,30H,1,10-13H2. The van der Waals surface area contributed by atoms with Crippen LogP contribution in [0.5, 0.6) is 0 Å². The number of nitrogens with zero attached hydrogens (tertiary/aromatic N) is 3. The van der Waals surface area contributed by atoms with Crippen molar-refractivity contribution in [2.45, 2.75) is 18.4 Å². The highest BCUT2D eigenvalue weighted by atomic mass is 19.4. The zero-order valence-corrected chi connectivity index (χ0v) is 16.6. The minimum Gasteiger partial charge on any atom is -0.352 e. The van der Waals surface area contributed by atoms with Gasteiger partial charge in [0.1, 0.15) is 12.5 Å². The highest BCUT2D eigenvalue weighted by Gasteiger charge is 2.38. The van der Waals surface area contributed by atoms with Crippen LogP contribution in [0.3, 0.4) is 0 Å². The predicted octanol–water partition coefficient (Wildman–Crippen LogP) is 5.32. The zero-order chi connectivity index (χ0) is 23.5. The Morgan fingerprint density at radius 3 is 2.31 bits per heavy atom. The number of anilines is 2. The normalized spacial score (nSPS) is 17.2. The first kappa shape index (κ1) is 23.5. The minimum atomic E-state index is -4.61. The molecule has 1 aliphatic heterocycles. The van der Waals surface area contributed by atoms with Gasteiger partial charge in [-0.15, -0.1) is 0 Å². The Hall–Kier alpha value is -3.20. The third-order valence-corrected chi connectivity index (χ3v) is 4.98. The van der Waals surface area contributed by atoms with Gasteiger partial charge in [0, 0.05) is 31.5 Å². The Bertz CT molecular complexity index is 979. The highest BCUT2D eigenvalue weighted by Crippen LogP contribution is 2.36. The second kappa shape index (κ2) is 9.12. The van der Waals surface area contributed by atoms with Crippen molar-refractivity contribution in [2.24, 2.45) is 0 Å². The van der Waals surface area contributed by atoms with Crippen LogP contribution >= 0.6 is 0 Å². The van der Waals surface area contributed by atoms with E-state index in [1.807, 2.05) is 0 Å². The van der Waals surface area contributed by atoms with E-state index in [-0.39, 0.29) is 31.3 Å². The summed E-state index contributed by atoms with van der Waals surface area (Å²) in [6.45, 7) is 2.79. The summed E-state index contributed by atoms with van der Waals surface area (Å²) in [5.74, 6) is -0.0675. The molecule has 3 rings (SSSR count). The first-order valence-electron chi connectivity index (χ1n) is 9.48. The van der Waals surface area contributed by atoms with E-state index in [1.165, 1.54) is 34.2 Å². The molecule has 0 saturated carbocycles. The molecule has 1 aliphatic rings. The number of hydrogen-bond acceptors (Lipinski definition) is 4. The van der Waals surface area contributed by atoms with Gasteiger partial charge in [0.25, 0.3) is 0 Å². The van der Waals surface area contributed by atoms with E-state index in [0.717, 1.165) is 18.2 Å². The highest BCUT2D eigenvalue weighted by molar-refractivity contribution is 5.51. The molecule has 1 unspecified atom stereocenters. The van der Waals surface area contributed by atoms with Crippen molar-refractivity contribution in [2.75, 3.05) is 36.5 Å². The van der Waals surface area contributed by atoms with Crippen LogP contribution in [-0.4, -0.2) is 42.2 Å². The summed E-state index contributed by atoms with van der Waals surface area (Å²) in [4.78, 5) is 6.75. The molecule has 2 heterocycles. The smallest absolute Gasteiger partial charge is 0.352 e. The Balaban J connectivity index is 1.77. The Morgan fingerprint density at radius 2 is 1.75 bits per heavy atom. The number of pyridine rings is 1. The fraction of sp³-hybridized carbons (Fsp3) is 0.333. The molecule has 2 aromatic rings. The van der Waals surface area contributed by atoms with Crippen LogP contribution in [0.4, 0.5) is 42.2 Å². The van der Waals surface area contributed by atoms with Crippen LogP contribution in [-0.2, 0) is 12.4 Å². The number of alkyl halides is 7. The molecular weight excluding hydrogens is 441 g/mol. The average molecular weight is 460 g/mol. The molecule has 32 heavy (non-hydrogen) atoms. The van der Waals surface area contributed by atoms with E-state index in [9.17, 15) is 30.7 Å². The summed E-state index contributed by atoms with van der Waals surface area (Å²) in [5.41, 5.74) is 1.17. The van der Waals surface area contributed by atoms with Gasteiger partial charge in [-0.05, 0) is 36.4 Å². The van der Waals surface area contributed by atoms with Gasteiger partial charge in [-0.2, -0.15) is 26.3 Å². The first-order chi connectivity index (χ1) is 15.0. The van der Waals surface area contributed by atoms with Crippen molar-refractivity contribution in [3.8, 4) is 0 Å². The molecule has 1 N–H and O–H groups in total. The summed E-state index contributed by atoms with van der Waals surface area (Å²) in [5, 5.41) is 2.85. The molecule has 1 fully saturated rings. The van der Waals surface area contributed by atoms with Gasteiger partial charge in [-0.1, -0.05) is 12.3 Å². The van der Waals surface area contributed by atoms with Crippen molar-refractivity contribution in [1.29, 1.82) is 0 Å². The number of benzene rings is 1. The van der Waals surface area contributed by atoms with Gasteiger partial charge >= 0.3 is 12.4 Å². The number of halogens is 7. The molecule has 0 radical (unpaired) electrons. The van der Waals surface area contributed by atoms with Gasteiger partial charge in [0.15, 0.2) is 5.82 Å². The van der Waals surface area contributed by atoms with Gasteiger partial charge in [-0.3, -0.25) is 0 Å². The molecule has 0 bridgehead atoms. The maximum absolute atomic E-state index is 13.8. The van der Waals surface area contributed by atoms with Crippen molar-refractivity contribution in [3.05, 3.63) is 71.9 Å². The lowest BCUT2D eigenvalue weighted by atomic mass is 10.1. The molecule has 1 aromatic heterocycles. The van der Waals surface area contributed by atoms with E-state index in [4.69, 9.17) is 0 Å². The first-order valence-corrected chi connectivity index (χ1v) is 9.48. The lowest BCUT2D eigenvalue weighted by Gasteiger charge is -2.43. The molecule has 0 spiro atoms. The molecule has 0 amide bonds. The Kier molecular flexibility index (Phi) is 6.68. The lowest BCUT2D eigenvalue weighted by molar-refractivity contribution is -0.138. The van der Waals surface area contributed by atoms with E-state index >= 15 is 0 Å². The number of nitrogens with one attached hydrogen (secondary N) is 1. The van der Waals surface area contributed by atoms with Gasteiger partial charge in [0.05, 0.1) is 17.2 Å². The third kappa shape index (κ3) is 5.16. The van der Waals surface area contributed by atoms with E-state index in [0.29, 0.717) is 5.69 Å². The summed E-state index contributed by atoms with van der Waals surface area (Å²) in [6, 6.07) is 5.47. The van der Waals surface area contributed by atoms with Gasteiger partial charge in [-0.25, -0.2) is 9.37 Å². The fourth-order valence-corrected chi connectivity index (χ4v) is 3.44. The summed E-state index contributed by atoms with van der Waals surface area (Å²) in [7, 11) is 0. The zero-order valence-electron chi connectivity index (χ0n) is 16.6. The number of rotatable bonds is 5. The molecule has 0 aliphatic carbocycles.